The quantitative estimate of drug-likeness (QED) is 0.705. The summed E-state index contributed by atoms with van der Waals surface area (Å²) in [6.45, 7) is 12.7. The third-order valence-corrected chi connectivity index (χ3v) is 6.53. The van der Waals surface area contributed by atoms with E-state index in [1.54, 1.807) is 0 Å². The Morgan fingerprint density at radius 2 is 1.88 bits per heavy atom. The fraction of sp³-hybridized carbons (Fsp3) is 0.900. The Balaban J connectivity index is 1.28. The summed E-state index contributed by atoms with van der Waals surface area (Å²) < 4.78 is 6.00. The van der Waals surface area contributed by atoms with Gasteiger partial charge in [0.15, 0.2) is 6.23 Å². The lowest BCUT2D eigenvalue weighted by atomic mass is 9.75. The minimum absolute atomic E-state index is 0.114. The van der Waals surface area contributed by atoms with Gasteiger partial charge in [-0.25, -0.2) is 5.43 Å². The Kier molecular flexibility index (Phi) is 6.70. The van der Waals surface area contributed by atoms with Crippen LogP contribution in [0.25, 0.3) is 0 Å². The number of fused-ring (bicyclic) bond motifs is 1. The molecular formula is C20H36ClN3O. The SMILES string of the molecule is CC(C)(C)C1CCN(CCCCOC2NN3CCCCC3=C2Cl)CC1. The van der Waals surface area contributed by atoms with E-state index in [1.807, 2.05) is 0 Å². The molecule has 0 bridgehead atoms. The van der Waals surface area contributed by atoms with Crippen LogP contribution in [0.3, 0.4) is 0 Å². The largest absolute Gasteiger partial charge is 0.356 e. The van der Waals surface area contributed by atoms with E-state index in [1.165, 1.54) is 57.4 Å². The minimum atomic E-state index is -0.114. The second-order valence-electron chi connectivity index (χ2n) is 8.97. The summed E-state index contributed by atoms with van der Waals surface area (Å²) in [6.07, 6.45) is 8.47. The zero-order valence-electron chi connectivity index (χ0n) is 16.3. The molecule has 0 radical (unpaired) electrons. The van der Waals surface area contributed by atoms with Gasteiger partial charge in [0.05, 0.1) is 5.03 Å². The van der Waals surface area contributed by atoms with E-state index in [0.29, 0.717) is 5.41 Å². The molecule has 0 aromatic rings. The topological polar surface area (TPSA) is 27.7 Å². The van der Waals surface area contributed by atoms with Gasteiger partial charge in [-0.1, -0.05) is 32.4 Å². The van der Waals surface area contributed by atoms with Crippen molar-refractivity contribution in [3.05, 3.63) is 10.7 Å². The third kappa shape index (κ3) is 5.12. The standard InChI is InChI=1S/C20H36ClN3O/c1-20(2,3)16-9-13-23(14-10-16)11-6-7-15-25-19-18(21)17-8-4-5-12-24(17)22-19/h16,19,22H,4-15H2,1-3H3. The van der Waals surface area contributed by atoms with Crippen LogP contribution < -0.4 is 5.43 Å². The molecule has 1 unspecified atom stereocenters. The lowest BCUT2D eigenvalue weighted by Crippen LogP contribution is -2.40. The number of ether oxygens (including phenoxy) is 1. The van der Waals surface area contributed by atoms with Gasteiger partial charge in [0.25, 0.3) is 0 Å². The van der Waals surface area contributed by atoms with E-state index in [-0.39, 0.29) is 6.23 Å². The molecule has 3 heterocycles. The summed E-state index contributed by atoms with van der Waals surface area (Å²) in [5.41, 5.74) is 5.11. The predicted molar refractivity (Wildman–Crippen MR) is 104 cm³/mol. The van der Waals surface area contributed by atoms with Crippen LogP contribution in [0.1, 0.15) is 65.7 Å². The second-order valence-corrected chi connectivity index (χ2v) is 9.38. The first-order chi connectivity index (χ1) is 11.9. The van der Waals surface area contributed by atoms with Gasteiger partial charge in [0.1, 0.15) is 0 Å². The number of rotatable bonds is 6. The number of halogens is 1. The summed E-state index contributed by atoms with van der Waals surface area (Å²) in [4.78, 5) is 2.63. The molecule has 0 aliphatic carbocycles. The number of likely N-dealkylation sites (tertiary alicyclic amines) is 1. The van der Waals surface area contributed by atoms with Crippen molar-refractivity contribution in [3.63, 3.8) is 0 Å². The number of unbranched alkanes of at least 4 members (excludes halogenated alkanes) is 1. The molecule has 25 heavy (non-hydrogen) atoms. The van der Waals surface area contributed by atoms with E-state index in [2.05, 4.69) is 36.1 Å². The molecule has 0 aromatic carbocycles. The van der Waals surface area contributed by atoms with Crippen molar-refractivity contribution < 1.29 is 4.74 Å². The molecule has 1 N–H and O–H groups in total. The van der Waals surface area contributed by atoms with Gasteiger partial charge in [-0.15, -0.1) is 0 Å². The van der Waals surface area contributed by atoms with Gasteiger partial charge in [-0.2, -0.15) is 0 Å². The number of allylic oxidation sites excluding steroid dienone is 1. The highest BCUT2D eigenvalue weighted by molar-refractivity contribution is 6.30. The van der Waals surface area contributed by atoms with E-state index in [9.17, 15) is 0 Å². The van der Waals surface area contributed by atoms with E-state index < -0.39 is 0 Å². The molecule has 3 aliphatic heterocycles. The zero-order valence-corrected chi connectivity index (χ0v) is 17.1. The van der Waals surface area contributed by atoms with Crippen molar-refractivity contribution in [3.8, 4) is 0 Å². The average molecular weight is 370 g/mol. The van der Waals surface area contributed by atoms with Crippen LogP contribution in [0.4, 0.5) is 0 Å². The van der Waals surface area contributed by atoms with Crippen LogP contribution in [0.15, 0.2) is 10.7 Å². The monoisotopic (exact) mass is 369 g/mol. The molecule has 3 rings (SSSR count). The Bertz CT molecular complexity index is 466. The Labute approximate surface area is 158 Å². The lowest BCUT2D eigenvalue weighted by molar-refractivity contribution is 0.0232. The number of nitrogens with zero attached hydrogens (tertiary/aromatic N) is 2. The third-order valence-electron chi connectivity index (χ3n) is 6.12. The molecule has 3 aliphatic rings. The van der Waals surface area contributed by atoms with Gasteiger partial charge in [-0.3, -0.25) is 0 Å². The molecule has 5 heteroatoms. The highest BCUT2D eigenvalue weighted by Crippen LogP contribution is 2.34. The predicted octanol–water partition coefficient (Wildman–Crippen LogP) is 4.32. The maximum absolute atomic E-state index is 6.48. The average Bonchev–Trinajstić information content (AvgIpc) is 2.91. The Morgan fingerprint density at radius 1 is 1.12 bits per heavy atom. The molecule has 144 valence electrons. The number of nitrogens with one attached hydrogen (secondary N) is 1. The molecular weight excluding hydrogens is 334 g/mol. The van der Waals surface area contributed by atoms with Crippen molar-refractivity contribution in [2.24, 2.45) is 11.3 Å². The van der Waals surface area contributed by atoms with Crippen molar-refractivity contribution in [1.29, 1.82) is 0 Å². The van der Waals surface area contributed by atoms with Crippen molar-refractivity contribution in [2.75, 3.05) is 32.8 Å². The van der Waals surface area contributed by atoms with E-state index in [0.717, 1.165) is 36.9 Å². The van der Waals surface area contributed by atoms with Crippen LogP contribution in [-0.2, 0) is 4.74 Å². The van der Waals surface area contributed by atoms with Crippen LogP contribution in [0.2, 0.25) is 0 Å². The van der Waals surface area contributed by atoms with Crippen LogP contribution >= 0.6 is 11.6 Å². The summed E-state index contributed by atoms with van der Waals surface area (Å²) in [5.74, 6) is 0.884. The van der Waals surface area contributed by atoms with Gasteiger partial charge in [0, 0.05) is 18.8 Å². The van der Waals surface area contributed by atoms with Gasteiger partial charge in [-0.05, 0) is 75.9 Å². The number of hydrogen-bond acceptors (Lipinski definition) is 4. The maximum atomic E-state index is 6.48. The van der Waals surface area contributed by atoms with Crippen LogP contribution in [-0.4, -0.2) is 48.9 Å². The van der Waals surface area contributed by atoms with Gasteiger partial charge in [0.2, 0.25) is 0 Å². The summed E-state index contributed by atoms with van der Waals surface area (Å²) >= 11 is 6.48. The molecule has 2 saturated heterocycles. The highest BCUT2D eigenvalue weighted by Gasteiger charge is 2.32. The summed E-state index contributed by atoms with van der Waals surface area (Å²) in [7, 11) is 0. The Hall–Kier alpha value is -0.290. The maximum Gasteiger partial charge on any atom is 0.162 e. The number of piperidine rings is 2. The first kappa shape index (κ1) is 19.5. The Morgan fingerprint density at radius 3 is 2.56 bits per heavy atom. The van der Waals surface area contributed by atoms with Crippen molar-refractivity contribution in [1.82, 2.24) is 15.3 Å². The van der Waals surface area contributed by atoms with Crippen molar-refractivity contribution >= 4 is 11.6 Å². The molecule has 0 aromatic heterocycles. The van der Waals surface area contributed by atoms with Crippen LogP contribution in [0.5, 0.6) is 0 Å². The fourth-order valence-electron chi connectivity index (χ4n) is 4.34. The number of hydrazine groups is 1. The second kappa shape index (κ2) is 8.60. The molecule has 0 spiro atoms. The fourth-order valence-corrected chi connectivity index (χ4v) is 4.65. The first-order valence-corrected chi connectivity index (χ1v) is 10.6. The molecule has 1 atom stereocenters. The molecule has 0 saturated carbocycles. The molecule has 2 fully saturated rings. The summed E-state index contributed by atoms with van der Waals surface area (Å²) in [6, 6.07) is 0. The highest BCUT2D eigenvalue weighted by atomic mass is 35.5. The zero-order chi connectivity index (χ0) is 17.9. The van der Waals surface area contributed by atoms with Gasteiger partial charge < -0.3 is 14.6 Å². The summed E-state index contributed by atoms with van der Waals surface area (Å²) in [5, 5.41) is 3.07. The van der Waals surface area contributed by atoms with Crippen molar-refractivity contribution in [2.45, 2.75) is 71.9 Å². The van der Waals surface area contributed by atoms with Crippen LogP contribution in [0, 0.1) is 11.3 Å². The lowest BCUT2D eigenvalue weighted by Gasteiger charge is -2.38. The smallest absolute Gasteiger partial charge is 0.162 e. The minimum Gasteiger partial charge on any atom is -0.356 e. The molecule has 4 nitrogen and oxygen atoms in total. The van der Waals surface area contributed by atoms with E-state index >= 15 is 0 Å². The molecule has 0 amide bonds. The van der Waals surface area contributed by atoms with E-state index in [4.69, 9.17) is 16.3 Å². The van der Waals surface area contributed by atoms with Gasteiger partial charge >= 0.3 is 0 Å². The number of hydrogen-bond donors (Lipinski definition) is 1. The first-order valence-electron chi connectivity index (χ1n) is 10.2. The normalized spacial score (nSPS) is 26.4.